The molecule has 0 radical (unpaired) electrons. The zero-order valence-corrected chi connectivity index (χ0v) is 9.68. The molecule has 2 rings (SSSR count). The molecule has 5 nitrogen and oxygen atoms in total. The van der Waals surface area contributed by atoms with Crippen LogP contribution in [-0.2, 0) is 4.74 Å². The lowest BCUT2D eigenvalue weighted by Crippen LogP contribution is -2.11. The Morgan fingerprint density at radius 2 is 2.06 bits per heavy atom. The molecule has 0 saturated heterocycles. The molecule has 0 unspecified atom stereocenters. The minimum atomic E-state index is -0.525. The molecule has 0 aliphatic rings. The average molecular weight is 231 g/mol. The summed E-state index contributed by atoms with van der Waals surface area (Å²) in [5, 5.41) is 6.80. The van der Waals surface area contributed by atoms with E-state index in [1.165, 1.54) is 7.11 Å². The molecular formula is C12H13N3O2. The Kier molecular flexibility index (Phi) is 3.09. The summed E-state index contributed by atoms with van der Waals surface area (Å²) >= 11 is 0. The summed E-state index contributed by atoms with van der Waals surface area (Å²) in [6.07, 6.45) is -0.525. The van der Waals surface area contributed by atoms with E-state index in [9.17, 15) is 4.79 Å². The Bertz CT molecular complexity index is 520. The third-order valence-corrected chi connectivity index (χ3v) is 2.30. The second kappa shape index (κ2) is 4.69. The van der Waals surface area contributed by atoms with E-state index >= 15 is 0 Å². The first-order chi connectivity index (χ1) is 8.20. The Morgan fingerprint density at radius 3 is 2.71 bits per heavy atom. The van der Waals surface area contributed by atoms with E-state index in [0.717, 1.165) is 11.4 Å². The van der Waals surface area contributed by atoms with E-state index in [0.29, 0.717) is 5.82 Å². The van der Waals surface area contributed by atoms with Crippen molar-refractivity contribution in [3.8, 4) is 5.69 Å². The molecule has 88 valence electrons. The van der Waals surface area contributed by atoms with Crippen molar-refractivity contribution in [3.63, 3.8) is 0 Å². The molecule has 2 aromatic rings. The molecule has 0 bridgehead atoms. The summed E-state index contributed by atoms with van der Waals surface area (Å²) in [6.45, 7) is 1.92. The number of methoxy groups -OCH3 is 1. The molecule has 0 aliphatic heterocycles. The Labute approximate surface area is 99.0 Å². The Morgan fingerprint density at radius 1 is 1.35 bits per heavy atom. The summed E-state index contributed by atoms with van der Waals surface area (Å²) < 4.78 is 6.26. The van der Waals surface area contributed by atoms with E-state index in [1.807, 2.05) is 37.3 Å². The highest BCUT2D eigenvalue weighted by Gasteiger charge is 2.08. The highest BCUT2D eigenvalue weighted by molar-refractivity contribution is 5.83. The van der Waals surface area contributed by atoms with Gasteiger partial charge in [0, 0.05) is 11.8 Å². The summed E-state index contributed by atoms with van der Waals surface area (Å²) in [6, 6.07) is 11.5. The second-order valence-electron chi connectivity index (χ2n) is 3.53. The van der Waals surface area contributed by atoms with Crippen LogP contribution in [0.5, 0.6) is 0 Å². The predicted octanol–water partition coefficient (Wildman–Crippen LogP) is 2.36. The molecule has 0 atom stereocenters. The molecule has 17 heavy (non-hydrogen) atoms. The lowest BCUT2D eigenvalue weighted by molar-refractivity contribution is 0.187. The fourth-order valence-corrected chi connectivity index (χ4v) is 1.52. The van der Waals surface area contributed by atoms with Crippen molar-refractivity contribution >= 4 is 11.9 Å². The standard InChI is InChI=1S/C12H13N3O2/c1-9-8-11(13-12(16)17-2)14-15(9)10-6-4-3-5-7-10/h3-8H,1-2H3,(H,13,14,16). The molecule has 1 heterocycles. The van der Waals surface area contributed by atoms with Crippen LogP contribution in [0, 0.1) is 6.92 Å². The van der Waals surface area contributed by atoms with Gasteiger partial charge in [0.25, 0.3) is 0 Å². The van der Waals surface area contributed by atoms with Crippen LogP contribution >= 0.6 is 0 Å². The van der Waals surface area contributed by atoms with Crippen molar-refractivity contribution in [2.24, 2.45) is 0 Å². The fourth-order valence-electron chi connectivity index (χ4n) is 1.52. The van der Waals surface area contributed by atoms with Gasteiger partial charge < -0.3 is 4.74 Å². The number of anilines is 1. The summed E-state index contributed by atoms with van der Waals surface area (Å²) in [5.41, 5.74) is 1.88. The van der Waals surface area contributed by atoms with Gasteiger partial charge in [-0.05, 0) is 19.1 Å². The van der Waals surface area contributed by atoms with Crippen LogP contribution in [0.25, 0.3) is 5.69 Å². The molecule has 0 saturated carbocycles. The minimum Gasteiger partial charge on any atom is -0.453 e. The fraction of sp³-hybridized carbons (Fsp3) is 0.167. The van der Waals surface area contributed by atoms with Gasteiger partial charge in [0.15, 0.2) is 5.82 Å². The maximum absolute atomic E-state index is 11.1. The number of hydrogen-bond acceptors (Lipinski definition) is 3. The number of benzene rings is 1. The van der Waals surface area contributed by atoms with E-state index in [2.05, 4.69) is 15.2 Å². The maximum atomic E-state index is 11.1. The predicted molar refractivity (Wildman–Crippen MR) is 64.3 cm³/mol. The molecule has 0 fully saturated rings. The number of aromatic nitrogens is 2. The van der Waals surface area contributed by atoms with Crippen molar-refractivity contribution in [2.45, 2.75) is 6.92 Å². The zero-order valence-electron chi connectivity index (χ0n) is 9.68. The van der Waals surface area contributed by atoms with Crippen LogP contribution in [0.2, 0.25) is 0 Å². The summed E-state index contributed by atoms with van der Waals surface area (Å²) in [7, 11) is 1.32. The normalized spacial score (nSPS) is 10.0. The molecule has 1 amide bonds. The lowest BCUT2D eigenvalue weighted by Gasteiger charge is -2.02. The quantitative estimate of drug-likeness (QED) is 0.863. The number of ether oxygens (including phenoxy) is 1. The van der Waals surface area contributed by atoms with Gasteiger partial charge in [0.1, 0.15) is 0 Å². The third-order valence-electron chi connectivity index (χ3n) is 2.30. The van der Waals surface area contributed by atoms with Crippen LogP contribution in [-0.4, -0.2) is 23.0 Å². The molecule has 0 spiro atoms. The van der Waals surface area contributed by atoms with Gasteiger partial charge in [-0.1, -0.05) is 18.2 Å². The van der Waals surface area contributed by atoms with Crippen molar-refractivity contribution in [1.29, 1.82) is 0 Å². The largest absolute Gasteiger partial charge is 0.453 e. The number of para-hydroxylation sites is 1. The maximum Gasteiger partial charge on any atom is 0.412 e. The van der Waals surface area contributed by atoms with Crippen LogP contribution in [0.15, 0.2) is 36.4 Å². The third kappa shape index (κ3) is 2.44. The smallest absolute Gasteiger partial charge is 0.412 e. The van der Waals surface area contributed by atoms with Gasteiger partial charge in [-0.25, -0.2) is 9.48 Å². The van der Waals surface area contributed by atoms with Gasteiger partial charge >= 0.3 is 6.09 Å². The molecule has 1 aromatic carbocycles. The number of amides is 1. The van der Waals surface area contributed by atoms with Crippen molar-refractivity contribution < 1.29 is 9.53 Å². The first-order valence-corrected chi connectivity index (χ1v) is 5.18. The number of hydrogen-bond donors (Lipinski definition) is 1. The van der Waals surface area contributed by atoms with Crippen molar-refractivity contribution in [3.05, 3.63) is 42.1 Å². The first kappa shape index (κ1) is 11.2. The monoisotopic (exact) mass is 231 g/mol. The van der Waals surface area contributed by atoms with Crippen molar-refractivity contribution in [1.82, 2.24) is 9.78 Å². The number of nitrogens with one attached hydrogen (secondary N) is 1. The number of nitrogens with zero attached hydrogens (tertiary/aromatic N) is 2. The topological polar surface area (TPSA) is 56.1 Å². The van der Waals surface area contributed by atoms with E-state index in [4.69, 9.17) is 0 Å². The number of aryl methyl sites for hydroxylation is 1. The number of carbonyl (C=O) groups is 1. The van der Waals surface area contributed by atoms with Crippen LogP contribution in [0.4, 0.5) is 10.6 Å². The van der Waals surface area contributed by atoms with Gasteiger partial charge in [-0.2, -0.15) is 0 Å². The highest BCUT2D eigenvalue weighted by Crippen LogP contribution is 2.14. The summed E-state index contributed by atoms with van der Waals surface area (Å²) in [4.78, 5) is 11.1. The van der Waals surface area contributed by atoms with Gasteiger partial charge in [0.2, 0.25) is 0 Å². The van der Waals surface area contributed by atoms with Gasteiger partial charge in [-0.15, -0.1) is 5.10 Å². The van der Waals surface area contributed by atoms with E-state index in [-0.39, 0.29) is 0 Å². The number of carbonyl (C=O) groups excluding carboxylic acids is 1. The zero-order chi connectivity index (χ0) is 12.3. The second-order valence-corrected chi connectivity index (χ2v) is 3.53. The van der Waals surface area contributed by atoms with Crippen molar-refractivity contribution in [2.75, 3.05) is 12.4 Å². The van der Waals surface area contributed by atoms with Crippen LogP contribution in [0.1, 0.15) is 5.69 Å². The minimum absolute atomic E-state index is 0.471. The van der Waals surface area contributed by atoms with E-state index in [1.54, 1.807) is 10.7 Å². The number of rotatable bonds is 2. The van der Waals surface area contributed by atoms with Gasteiger partial charge in [0.05, 0.1) is 12.8 Å². The molecule has 1 N–H and O–H groups in total. The van der Waals surface area contributed by atoms with E-state index < -0.39 is 6.09 Å². The van der Waals surface area contributed by atoms with Gasteiger partial charge in [-0.3, -0.25) is 5.32 Å². The SMILES string of the molecule is COC(=O)Nc1cc(C)n(-c2ccccc2)n1. The molecular weight excluding hydrogens is 218 g/mol. The highest BCUT2D eigenvalue weighted by atomic mass is 16.5. The lowest BCUT2D eigenvalue weighted by atomic mass is 10.3. The van der Waals surface area contributed by atoms with Crippen LogP contribution in [0.3, 0.4) is 0 Å². The molecule has 0 aliphatic carbocycles. The Hall–Kier alpha value is -2.30. The average Bonchev–Trinajstić information content (AvgIpc) is 2.71. The van der Waals surface area contributed by atoms with Crippen LogP contribution < -0.4 is 5.32 Å². The summed E-state index contributed by atoms with van der Waals surface area (Å²) in [5.74, 6) is 0.471. The molecule has 5 heteroatoms. The first-order valence-electron chi connectivity index (χ1n) is 5.18. The Balaban J connectivity index is 2.28. The molecule has 1 aromatic heterocycles.